The van der Waals surface area contributed by atoms with E-state index in [1.165, 1.54) is 4.31 Å². The van der Waals surface area contributed by atoms with Crippen molar-refractivity contribution >= 4 is 25.8 Å². The van der Waals surface area contributed by atoms with Crippen molar-refractivity contribution in [2.24, 2.45) is 0 Å². The van der Waals surface area contributed by atoms with Crippen molar-refractivity contribution in [2.75, 3.05) is 25.4 Å². The van der Waals surface area contributed by atoms with Gasteiger partial charge in [-0.05, 0) is 42.7 Å². The van der Waals surface area contributed by atoms with E-state index in [0.717, 1.165) is 5.56 Å². The largest absolute Gasteiger partial charge is 0.466 e. The average molecular weight is 468 g/mol. The molecule has 170 valence electrons. The molecule has 0 aliphatic rings. The van der Waals surface area contributed by atoms with E-state index in [0.29, 0.717) is 19.5 Å². The van der Waals surface area contributed by atoms with E-state index in [4.69, 9.17) is 4.74 Å². The van der Waals surface area contributed by atoms with Gasteiger partial charge in [-0.15, -0.1) is 0 Å². The lowest BCUT2D eigenvalue weighted by Crippen LogP contribution is -2.30. The number of esters is 1. The number of rotatable bonds is 12. The molecule has 0 bridgehead atoms. The molecule has 0 aliphatic carbocycles. The van der Waals surface area contributed by atoms with Gasteiger partial charge in [-0.3, -0.25) is 4.79 Å². The lowest BCUT2D eigenvalue weighted by atomic mass is 10.1. The van der Waals surface area contributed by atoms with Crippen LogP contribution in [-0.2, 0) is 35.8 Å². The summed E-state index contributed by atoms with van der Waals surface area (Å²) in [4.78, 5) is 12.4. The zero-order valence-electron chi connectivity index (χ0n) is 17.9. The third kappa shape index (κ3) is 7.15. The second-order valence-corrected chi connectivity index (χ2v) is 11.0. The van der Waals surface area contributed by atoms with Crippen LogP contribution in [0, 0.1) is 0 Å². The summed E-state index contributed by atoms with van der Waals surface area (Å²) in [6.07, 6.45) is 0.765. The van der Waals surface area contributed by atoms with Gasteiger partial charge in [-0.1, -0.05) is 44.2 Å². The molecule has 9 heteroatoms. The minimum atomic E-state index is -3.50. The highest BCUT2D eigenvalue weighted by molar-refractivity contribution is 7.91. The minimum Gasteiger partial charge on any atom is -0.466 e. The first kappa shape index (κ1) is 25.0. The Kier molecular flexibility index (Phi) is 9.21. The molecule has 0 saturated carbocycles. The molecule has 0 radical (unpaired) electrons. The van der Waals surface area contributed by atoms with Crippen LogP contribution in [0.1, 0.15) is 32.3 Å². The van der Waals surface area contributed by atoms with Crippen LogP contribution >= 0.6 is 0 Å². The van der Waals surface area contributed by atoms with Crippen molar-refractivity contribution in [3.05, 3.63) is 60.2 Å². The van der Waals surface area contributed by atoms with Crippen LogP contribution in [0.2, 0.25) is 0 Å². The number of hydrogen-bond acceptors (Lipinski definition) is 6. The van der Waals surface area contributed by atoms with Gasteiger partial charge in [0.25, 0.3) is 0 Å². The number of carbonyl (C=O) groups is 1. The van der Waals surface area contributed by atoms with E-state index in [9.17, 15) is 21.6 Å². The molecule has 0 aromatic heterocycles. The first-order valence-electron chi connectivity index (χ1n) is 10.2. The third-order valence-corrected chi connectivity index (χ3v) is 8.69. The van der Waals surface area contributed by atoms with Crippen LogP contribution in [0.3, 0.4) is 0 Å². The van der Waals surface area contributed by atoms with Crippen LogP contribution in [0.25, 0.3) is 0 Å². The van der Waals surface area contributed by atoms with Crippen molar-refractivity contribution in [1.82, 2.24) is 4.31 Å². The number of benzene rings is 2. The van der Waals surface area contributed by atoms with Crippen molar-refractivity contribution in [1.29, 1.82) is 0 Å². The maximum Gasteiger partial charge on any atom is 0.306 e. The summed E-state index contributed by atoms with van der Waals surface area (Å²) in [5, 5.41) is 0. The smallest absolute Gasteiger partial charge is 0.306 e. The summed E-state index contributed by atoms with van der Waals surface area (Å²) in [6, 6.07) is 14.6. The summed E-state index contributed by atoms with van der Waals surface area (Å²) in [6.45, 7) is 4.42. The number of sulfone groups is 1. The predicted molar refractivity (Wildman–Crippen MR) is 119 cm³/mol. The topological polar surface area (TPSA) is 97.8 Å². The predicted octanol–water partition coefficient (Wildman–Crippen LogP) is 3.06. The fourth-order valence-corrected chi connectivity index (χ4v) is 5.80. The molecule has 7 nitrogen and oxygen atoms in total. The number of sulfonamides is 1. The van der Waals surface area contributed by atoms with E-state index in [2.05, 4.69) is 0 Å². The lowest BCUT2D eigenvalue weighted by Gasteiger charge is -2.18. The van der Waals surface area contributed by atoms with Gasteiger partial charge in [0.05, 0.1) is 22.2 Å². The molecule has 0 saturated heterocycles. The average Bonchev–Trinajstić information content (AvgIpc) is 2.77. The SMILES string of the molecule is CCN(CC)S(=O)(=O)c1ccc(CCC(=O)OCCCS(=O)(=O)c2ccccc2)cc1. The monoisotopic (exact) mass is 467 g/mol. The quantitative estimate of drug-likeness (QED) is 0.351. The zero-order valence-corrected chi connectivity index (χ0v) is 19.5. The molecule has 0 fully saturated rings. The Morgan fingerprint density at radius 3 is 2.06 bits per heavy atom. The van der Waals surface area contributed by atoms with Crippen molar-refractivity contribution in [3.63, 3.8) is 0 Å². The maximum absolute atomic E-state index is 12.5. The van der Waals surface area contributed by atoms with Gasteiger partial charge in [0.1, 0.15) is 0 Å². The van der Waals surface area contributed by atoms with Crippen LogP contribution in [-0.4, -0.2) is 52.6 Å². The van der Waals surface area contributed by atoms with Crippen LogP contribution in [0.4, 0.5) is 0 Å². The summed E-state index contributed by atoms with van der Waals surface area (Å²) in [5.74, 6) is -0.510. The molecule has 0 N–H and O–H groups in total. The van der Waals surface area contributed by atoms with Gasteiger partial charge in [-0.2, -0.15) is 4.31 Å². The molecule has 2 rings (SSSR count). The van der Waals surface area contributed by atoms with Crippen LogP contribution < -0.4 is 0 Å². The summed E-state index contributed by atoms with van der Waals surface area (Å²) >= 11 is 0. The summed E-state index contributed by atoms with van der Waals surface area (Å²) in [5.41, 5.74) is 0.821. The molecular weight excluding hydrogens is 438 g/mol. The first-order valence-corrected chi connectivity index (χ1v) is 13.3. The Morgan fingerprint density at radius 2 is 1.48 bits per heavy atom. The van der Waals surface area contributed by atoms with E-state index < -0.39 is 25.8 Å². The Balaban J connectivity index is 1.78. The van der Waals surface area contributed by atoms with E-state index in [1.54, 1.807) is 68.4 Å². The highest BCUT2D eigenvalue weighted by Crippen LogP contribution is 2.17. The Hall–Kier alpha value is -2.23. The van der Waals surface area contributed by atoms with E-state index >= 15 is 0 Å². The number of nitrogens with zero attached hydrogens (tertiary/aromatic N) is 1. The zero-order chi connectivity index (χ0) is 22.9. The van der Waals surface area contributed by atoms with E-state index in [-0.39, 0.29) is 35.0 Å². The molecule has 0 aliphatic heterocycles. The molecule has 0 atom stereocenters. The van der Waals surface area contributed by atoms with Gasteiger partial charge >= 0.3 is 5.97 Å². The highest BCUT2D eigenvalue weighted by Gasteiger charge is 2.21. The lowest BCUT2D eigenvalue weighted by molar-refractivity contribution is -0.143. The molecule has 0 unspecified atom stereocenters. The molecular formula is C22H29NO6S2. The fourth-order valence-electron chi connectivity index (χ4n) is 3.04. The molecule has 0 spiro atoms. The number of ether oxygens (including phenoxy) is 1. The fraction of sp³-hybridized carbons (Fsp3) is 0.409. The van der Waals surface area contributed by atoms with Gasteiger partial charge in [-0.25, -0.2) is 16.8 Å². The third-order valence-electron chi connectivity index (χ3n) is 4.81. The van der Waals surface area contributed by atoms with Gasteiger partial charge in [0.2, 0.25) is 10.0 Å². The molecule has 2 aromatic carbocycles. The maximum atomic E-state index is 12.5. The normalized spacial score (nSPS) is 12.1. The first-order chi connectivity index (χ1) is 14.7. The van der Waals surface area contributed by atoms with Crippen LogP contribution in [0.5, 0.6) is 0 Å². The number of carbonyl (C=O) groups excluding carboxylic acids is 1. The van der Waals surface area contributed by atoms with Gasteiger partial charge in [0, 0.05) is 19.5 Å². The Morgan fingerprint density at radius 1 is 0.871 bits per heavy atom. The molecule has 0 amide bonds. The molecule has 0 heterocycles. The number of aryl methyl sites for hydroxylation is 1. The minimum absolute atomic E-state index is 0.0337. The molecule has 31 heavy (non-hydrogen) atoms. The Bertz CT molecular complexity index is 1040. The standard InChI is InChI=1S/C22H29NO6S2/c1-3-23(4-2)31(27,28)21-14-11-19(12-15-21)13-16-22(24)29-17-8-18-30(25,26)20-9-6-5-7-10-20/h5-7,9-12,14-15H,3-4,8,13,16-18H2,1-2H3. The molecule has 2 aromatic rings. The van der Waals surface area contributed by atoms with Gasteiger partial charge < -0.3 is 4.74 Å². The Labute approximate surface area is 185 Å². The summed E-state index contributed by atoms with van der Waals surface area (Å²) in [7, 11) is -6.89. The van der Waals surface area contributed by atoms with Crippen molar-refractivity contribution in [2.45, 2.75) is 42.9 Å². The van der Waals surface area contributed by atoms with Crippen LogP contribution in [0.15, 0.2) is 64.4 Å². The number of hydrogen-bond donors (Lipinski definition) is 0. The second-order valence-electron chi connectivity index (χ2n) is 6.94. The van der Waals surface area contributed by atoms with Crippen molar-refractivity contribution in [3.8, 4) is 0 Å². The highest BCUT2D eigenvalue weighted by atomic mass is 32.2. The van der Waals surface area contributed by atoms with E-state index in [1.807, 2.05) is 0 Å². The van der Waals surface area contributed by atoms with Gasteiger partial charge in [0.15, 0.2) is 9.84 Å². The summed E-state index contributed by atoms with van der Waals surface area (Å²) < 4.78 is 55.9. The second kappa shape index (κ2) is 11.4. The van der Waals surface area contributed by atoms with Crippen molar-refractivity contribution < 1.29 is 26.4 Å².